The number of hydrogen-bond acceptors (Lipinski definition) is 2. The molecule has 3 aromatic carbocycles. The van der Waals surface area contributed by atoms with E-state index in [4.69, 9.17) is 4.74 Å². The first-order valence-corrected chi connectivity index (χ1v) is 8.69. The number of alkyl halides is 3. The van der Waals surface area contributed by atoms with Crippen molar-refractivity contribution in [2.75, 3.05) is 0 Å². The first-order chi connectivity index (χ1) is 13.8. The lowest BCUT2D eigenvalue weighted by Gasteiger charge is -2.10. The highest BCUT2D eigenvalue weighted by Crippen LogP contribution is 2.30. The minimum Gasteiger partial charge on any atom is -0.488 e. The third-order valence-corrected chi connectivity index (χ3v) is 4.09. The van der Waals surface area contributed by atoms with Crippen LogP contribution in [-0.4, -0.2) is 5.78 Å². The lowest BCUT2D eigenvalue weighted by atomic mass is 10.1. The van der Waals surface area contributed by atoms with E-state index in [2.05, 4.69) is 0 Å². The largest absolute Gasteiger partial charge is 0.488 e. The fraction of sp³-hybridized carbons (Fsp3) is 0.0870. The van der Waals surface area contributed by atoms with Gasteiger partial charge in [-0.1, -0.05) is 48.5 Å². The van der Waals surface area contributed by atoms with Gasteiger partial charge >= 0.3 is 6.18 Å². The Bertz CT molecular complexity index is 1020. The van der Waals surface area contributed by atoms with Crippen LogP contribution in [0.15, 0.2) is 78.9 Å². The molecule has 0 N–H and O–H groups in total. The molecule has 148 valence electrons. The molecule has 0 saturated carbocycles. The summed E-state index contributed by atoms with van der Waals surface area (Å²) in [6, 6.07) is 17.4. The van der Waals surface area contributed by atoms with E-state index >= 15 is 0 Å². The molecule has 0 aromatic heterocycles. The summed E-state index contributed by atoms with van der Waals surface area (Å²) in [6.07, 6.45) is -2.13. The number of rotatable bonds is 6. The second-order valence-corrected chi connectivity index (χ2v) is 6.24. The van der Waals surface area contributed by atoms with E-state index in [1.165, 1.54) is 30.3 Å². The number of ketones is 1. The zero-order valence-electron chi connectivity index (χ0n) is 15.1. The van der Waals surface area contributed by atoms with Gasteiger partial charge in [0, 0.05) is 0 Å². The number of carbonyl (C=O) groups is 1. The summed E-state index contributed by atoms with van der Waals surface area (Å²) in [6.45, 7) is 0.185. The molecule has 0 bridgehead atoms. The highest BCUT2D eigenvalue weighted by atomic mass is 19.4. The lowest BCUT2D eigenvalue weighted by Crippen LogP contribution is -2.04. The number of ether oxygens (including phenoxy) is 1. The Labute approximate surface area is 165 Å². The molecule has 0 unspecified atom stereocenters. The SMILES string of the molecule is O=C(/C=C\c1cccc(C(F)(F)F)c1)c1cc(F)ccc1OCc1ccccc1. The Hall–Kier alpha value is -3.41. The van der Waals surface area contributed by atoms with Crippen LogP contribution in [0.25, 0.3) is 6.08 Å². The van der Waals surface area contributed by atoms with Gasteiger partial charge in [0.2, 0.25) is 0 Å². The average molecular weight is 400 g/mol. The molecular weight excluding hydrogens is 384 g/mol. The van der Waals surface area contributed by atoms with Crippen LogP contribution < -0.4 is 4.74 Å². The van der Waals surface area contributed by atoms with E-state index < -0.39 is 23.3 Å². The number of allylic oxidation sites excluding steroid dienone is 1. The molecule has 2 nitrogen and oxygen atoms in total. The molecule has 3 rings (SSSR count). The summed E-state index contributed by atoms with van der Waals surface area (Å²) < 4.78 is 57.7. The molecule has 0 atom stereocenters. The Morgan fingerprint density at radius 1 is 0.931 bits per heavy atom. The standard InChI is InChI=1S/C23H16F4O2/c24-19-10-12-22(29-15-17-5-2-1-3-6-17)20(14-19)21(28)11-9-16-7-4-8-18(13-16)23(25,26)27/h1-14H,15H2/b11-9-. The van der Waals surface area contributed by atoms with Crippen molar-refractivity contribution in [3.05, 3.63) is 107 Å². The maximum Gasteiger partial charge on any atom is 0.416 e. The van der Waals surface area contributed by atoms with Gasteiger partial charge in [-0.2, -0.15) is 13.2 Å². The van der Waals surface area contributed by atoms with E-state index in [9.17, 15) is 22.4 Å². The van der Waals surface area contributed by atoms with Crippen LogP contribution in [0.1, 0.15) is 27.0 Å². The number of halogens is 4. The fourth-order valence-electron chi connectivity index (χ4n) is 2.64. The average Bonchev–Trinajstić information content (AvgIpc) is 2.71. The Morgan fingerprint density at radius 2 is 1.69 bits per heavy atom. The minimum atomic E-state index is -4.48. The van der Waals surface area contributed by atoms with Crippen molar-refractivity contribution in [2.24, 2.45) is 0 Å². The number of carbonyl (C=O) groups excluding carboxylic acids is 1. The van der Waals surface area contributed by atoms with Crippen LogP contribution in [0.4, 0.5) is 17.6 Å². The monoisotopic (exact) mass is 400 g/mol. The van der Waals surface area contributed by atoms with Crippen LogP contribution in [0.2, 0.25) is 0 Å². The molecule has 0 aliphatic carbocycles. The van der Waals surface area contributed by atoms with Gasteiger partial charge in [-0.3, -0.25) is 4.79 Å². The van der Waals surface area contributed by atoms with Crippen molar-refractivity contribution >= 4 is 11.9 Å². The van der Waals surface area contributed by atoms with E-state index in [0.29, 0.717) is 0 Å². The Morgan fingerprint density at radius 3 is 2.41 bits per heavy atom. The third kappa shape index (κ3) is 5.54. The van der Waals surface area contributed by atoms with Crippen LogP contribution >= 0.6 is 0 Å². The van der Waals surface area contributed by atoms with Crippen LogP contribution in [0.3, 0.4) is 0 Å². The summed E-state index contributed by atoms with van der Waals surface area (Å²) in [5, 5.41) is 0. The molecule has 29 heavy (non-hydrogen) atoms. The van der Waals surface area contributed by atoms with Gasteiger partial charge in [0.05, 0.1) is 11.1 Å². The quantitative estimate of drug-likeness (QED) is 0.275. The van der Waals surface area contributed by atoms with E-state index in [0.717, 1.165) is 29.8 Å². The summed E-state index contributed by atoms with van der Waals surface area (Å²) in [4.78, 5) is 12.5. The smallest absolute Gasteiger partial charge is 0.416 e. The molecule has 0 heterocycles. The summed E-state index contributed by atoms with van der Waals surface area (Å²) in [5.41, 5.74) is 0.250. The molecule has 0 fully saturated rings. The topological polar surface area (TPSA) is 26.3 Å². The van der Waals surface area contributed by atoms with Crippen molar-refractivity contribution in [3.63, 3.8) is 0 Å². The number of benzene rings is 3. The van der Waals surface area contributed by atoms with E-state index in [1.807, 2.05) is 30.3 Å². The molecular formula is C23H16F4O2. The van der Waals surface area contributed by atoms with E-state index in [1.54, 1.807) is 0 Å². The zero-order chi connectivity index (χ0) is 20.9. The van der Waals surface area contributed by atoms with Crippen LogP contribution in [0.5, 0.6) is 5.75 Å². The first kappa shape index (κ1) is 20.3. The van der Waals surface area contributed by atoms with E-state index in [-0.39, 0.29) is 23.5 Å². The first-order valence-electron chi connectivity index (χ1n) is 8.69. The van der Waals surface area contributed by atoms with Gasteiger partial charge in [-0.25, -0.2) is 4.39 Å². The van der Waals surface area contributed by atoms with Crippen molar-refractivity contribution in [2.45, 2.75) is 12.8 Å². The molecule has 0 aliphatic heterocycles. The Kier molecular flexibility index (Phi) is 6.12. The predicted molar refractivity (Wildman–Crippen MR) is 102 cm³/mol. The normalized spacial score (nSPS) is 11.6. The van der Waals surface area contributed by atoms with Crippen LogP contribution in [0, 0.1) is 5.82 Å². The second-order valence-electron chi connectivity index (χ2n) is 6.24. The third-order valence-electron chi connectivity index (χ3n) is 4.09. The second kappa shape index (κ2) is 8.73. The van der Waals surface area contributed by atoms with Crippen molar-refractivity contribution in [1.29, 1.82) is 0 Å². The van der Waals surface area contributed by atoms with Gasteiger partial charge in [-0.15, -0.1) is 0 Å². The zero-order valence-corrected chi connectivity index (χ0v) is 15.1. The maximum absolute atomic E-state index is 13.7. The Balaban J connectivity index is 1.80. The summed E-state index contributed by atoms with van der Waals surface area (Å²) in [5.74, 6) is -1.01. The summed E-state index contributed by atoms with van der Waals surface area (Å²) >= 11 is 0. The molecule has 6 heteroatoms. The highest BCUT2D eigenvalue weighted by Gasteiger charge is 2.30. The van der Waals surface area contributed by atoms with Gasteiger partial charge in [0.1, 0.15) is 18.2 Å². The molecule has 0 aliphatic rings. The lowest BCUT2D eigenvalue weighted by molar-refractivity contribution is -0.137. The molecule has 0 radical (unpaired) electrons. The number of hydrogen-bond donors (Lipinski definition) is 0. The fourth-order valence-corrected chi connectivity index (χ4v) is 2.64. The van der Waals surface area contributed by atoms with Gasteiger partial charge in [-0.05, 0) is 47.5 Å². The van der Waals surface area contributed by atoms with Crippen molar-refractivity contribution in [3.8, 4) is 5.75 Å². The van der Waals surface area contributed by atoms with Gasteiger partial charge in [0.25, 0.3) is 0 Å². The summed E-state index contributed by atoms with van der Waals surface area (Å²) in [7, 11) is 0. The van der Waals surface area contributed by atoms with Crippen molar-refractivity contribution < 1.29 is 27.1 Å². The highest BCUT2D eigenvalue weighted by molar-refractivity contribution is 6.08. The predicted octanol–water partition coefficient (Wildman–Crippen LogP) is 6.32. The molecule has 0 spiro atoms. The minimum absolute atomic E-state index is 0.0100. The van der Waals surface area contributed by atoms with Crippen LogP contribution in [-0.2, 0) is 12.8 Å². The van der Waals surface area contributed by atoms with Gasteiger partial charge < -0.3 is 4.74 Å². The molecule has 0 amide bonds. The van der Waals surface area contributed by atoms with Crippen molar-refractivity contribution in [1.82, 2.24) is 0 Å². The molecule has 3 aromatic rings. The maximum atomic E-state index is 13.7. The van der Waals surface area contributed by atoms with Gasteiger partial charge in [0.15, 0.2) is 5.78 Å². The molecule has 0 saturated heterocycles.